The summed E-state index contributed by atoms with van der Waals surface area (Å²) in [6.45, 7) is 8.21. The highest BCUT2D eigenvalue weighted by Gasteiger charge is 2.41. The zero-order chi connectivity index (χ0) is 14.6. The van der Waals surface area contributed by atoms with Gasteiger partial charge in [-0.05, 0) is 39.7 Å². The normalized spacial score (nSPS) is 27.9. The number of piperidine rings is 2. The highest BCUT2D eigenvalue weighted by atomic mass is 16.5. The summed E-state index contributed by atoms with van der Waals surface area (Å²) in [5.41, 5.74) is 0.189. The van der Waals surface area contributed by atoms with Crippen LogP contribution >= 0.6 is 0 Å². The van der Waals surface area contributed by atoms with Crippen LogP contribution in [0.2, 0.25) is 0 Å². The number of amides is 1. The summed E-state index contributed by atoms with van der Waals surface area (Å²) in [5.74, 6) is 0.143. The lowest BCUT2D eigenvalue weighted by Gasteiger charge is -2.48. The number of hydrogen-bond acceptors (Lipinski definition) is 4. The van der Waals surface area contributed by atoms with E-state index in [0.717, 1.165) is 45.4 Å². The molecule has 1 atom stereocenters. The second-order valence-electron chi connectivity index (χ2n) is 6.03. The van der Waals surface area contributed by atoms with Gasteiger partial charge < -0.3 is 9.64 Å². The zero-order valence-electron chi connectivity index (χ0n) is 12.7. The molecule has 0 saturated carbocycles. The fourth-order valence-electron chi connectivity index (χ4n) is 3.56. The van der Waals surface area contributed by atoms with Gasteiger partial charge in [-0.25, -0.2) is 0 Å². The number of likely N-dealkylation sites (tertiary alicyclic amines) is 2. The largest absolute Gasteiger partial charge is 0.465 e. The van der Waals surface area contributed by atoms with Crippen molar-refractivity contribution in [1.29, 1.82) is 0 Å². The van der Waals surface area contributed by atoms with Gasteiger partial charge in [0.25, 0.3) is 0 Å². The van der Waals surface area contributed by atoms with Crippen molar-refractivity contribution < 1.29 is 14.3 Å². The third-order valence-corrected chi connectivity index (χ3v) is 4.53. The second-order valence-corrected chi connectivity index (χ2v) is 6.03. The van der Waals surface area contributed by atoms with E-state index in [1.54, 1.807) is 0 Å². The van der Waals surface area contributed by atoms with Crippen LogP contribution in [0.4, 0.5) is 0 Å². The Morgan fingerprint density at radius 3 is 2.80 bits per heavy atom. The molecule has 2 aliphatic rings. The van der Waals surface area contributed by atoms with Crippen molar-refractivity contribution in [2.45, 2.75) is 39.5 Å². The minimum Gasteiger partial charge on any atom is -0.465 e. The zero-order valence-corrected chi connectivity index (χ0v) is 12.7. The predicted octanol–water partition coefficient (Wildman–Crippen LogP) is 1.27. The van der Waals surface area contributed by atoms with Crippen LogP contribution in [0, 0.1) is 5.41 Å². The smallest absolute Gasteiger partial charge is 0.320 e. The Bertz CT molecular complexity index is 372. The van der Waals surface area contributed by atoms with Crippen molar-refractivity contribution >= 4 is 11.9 Å². The van der Waals surface area contributed by atoms with Crippen molar-refractivity contribution in [1.82, 2.24) is 9.80 Å². The number of carbonyl (C=O) groups excluding carboxylic acids is 2. The lowest BCUT2D eigenvalue weighted by molar-refractivity contribution is -0.147. The molecule has 0 aromatic rings. The lowest BCUT2D eigenvalue weighted by Crippen LogP contribution is -2.54. The van der Waals surface area contributed by atoms with Gasteiger partial charge in [-0.15, -0.1) is 0 Å². The van der Waals surface area contributed by atoms with Crippen LogP contribution in [-0.2, 0) is 14.3 Å². The first-order valence-corrected chi connectivity index (χ1v) is 7.74. The summed E-state index contributed by atoms with van der Waals surface area (Å²) >= 11 is 0. The monoisotopic (exact) mass is 282 g/mol. The van der Waals surface area contributed by atoms with Crippen LogP contribution in [-0.4, -0.2) is 61.0 Å². The number of carbonyl (C=O) groups is 2. The molecule has 0 aromatic heterocycles. The first-order chi connectivity index (χ1) is 9.58. The molecule has 2 aliphatic heterocycles. The number of hydrogen-bond donors (Lipinski definition) is 0. The number of ether oxygens (including phenoxy) is 1. The Morgan fingerprint density at radius 1 is 1.30 bits per heavy atom. The van der Waals surface area contributed by atoms with Crippen molar-refractivity contribution in [2.24, 2.45) is 5.41 Å². The molecule has 1 unspecified atom stereocenters. The molecule has 2 saturated heterocycles. The molecule has 2 heterocycles. The highest BCUT2D eigenvalue weighted by molar-refractivity contribution is 5.77. The summed E-state index contributed by atoms with van der Waals surface area (Å²) in [4.78, 5) is 27.6. The molecule has 0 bridgehead atoms. The van der Waals surface area contributed by atoms with E-state index >= 15 is 0 Å². The van der Waals surface area contributed by atoms with E-state index in [2.05, 4.69) is 4.90 Å². The molecule has 20 heavy (non-hydrogen) atoms. The van der Waals surface area contributed by atoms with Crippen LogP contribution < -0.4 is 0 Å². The maximum absolute atomic E-state index is 11.8. The molecule has 5 heteroatoms. The molecule has 0 radical (unpaired) electrons. The molecular formula is C15H26N2O3. The van der Waals surface area contributed by atoms with Crippen LogP contribution in [0.1, 0.15) is 39.5 Å². The third-order valence-electron chi connectivity index (χ3n) is 4.53. The number of rotatable bonds is 4. The van der Waals surface area contributed by atoms with E-state index in [1.165, 1.54) is 0 Å². The van der Waals surface area contributed by atoms with Gasteiger partial charge in [-0.3, -0.25) is 14.5 Å². The minimum atomic E-state index is -0.135. The van der Waals surface area contributed by atoms with E-state index < -0.39 is 0 Å². The second kappa shape index (κ2) is 6.57. The molecule has 1 amide bonds. The molecule has 0 aliphatic carbocycles. The van der Waals surface area contributed by atoms with Crippen LogP contribution in [0.25, 0.3) is 0 Å². The third kappa shape index (κ3) is 3.51. The van der Waals surface area contributed by atoms with E-state index in [9.17, 15) is 9.59 Å². The van der Waals surface area contributed by atoms with Gasteiger partial charge >= 0.3 is 5.97 Å². The molecule has 0 aromatic carbocycles. The first kappa shape index (κ1) is 15.3. The molecule has 5 nitrogen and oxygen atoms in total. The molecule has 2 rings (SSSR count). The Labute approximate surface area is 121 Å². The van der Waals surface area contributed by atoms with Gasteiger partial charge in [0.15, 0.2) is 0 Å². The summed E-state index contributed by atoms with van der Waals surface area (Å²) in [6.07, 6.45) is 3.88. The molecular weight excluding hydrogens is 256 g/mol. The summed E-state index contributed by atoms with van der Waals surface area (Å²) in [6, 6.07) is 0. The summed E-state index contributed by atoms with van der Waals surface area (Å²) < 4.78 is 5.03. The van der Waals surface area contributed by atoms with Crippen molar-refractivity contribution in [3.63, 3.8) is 0 Å². The molecule has 1 spiro atoms. The van der Waals surface area contributed by atoms with Crippen molar-refractivity contribution in [3.05, 3.63) is 0 Å². The lowest BCUT2D eigenvalue weighted by atomic mass is 9.73. The Hall–Kier alpha value is -1.10. The molecule has 2 fully saturated rings. The Morgan fingerprint density at radius 2 is 2.10 bits per heavy atom. The average molecular weight is 282 g/mol. The average Bonchev–Trinajstić information content (AvgIpc) is 2.42. The maximum atomic E-state index is 11.8. The molecule has 0 N–H and O–H groups in total. The number of nitrogens with zero attached hydrogens (tertiary/aromatic N) is 2. The van der Waals surface area contributed by atoms with E-state index in [4.69, 9.17) is 4.74 Å². The fourth-order valence-corrected chi connectivity index (χ4v) is 3.56. The Kier molecular flexibility index (Phi) is 5.02. The van der Waals surface area contributed by atoms with Crippen LogP contribution in [0.5, 0.6) is 0 Å². The minimum absolute atomic E-state index is 0.135. The quantitative estimate of drug-likeness (QED) is 0.729. The first-order valence-electron chi connectivity index (χ1n) is 7.74. The summed E-state index contributed by atoms with van der Waals surface area (Å²) in [5, 5.41) is 0. The van der Waals surface area contributed by atoms with Crippen molar-refractivity contribution in [3.8, 4) is 0 Å². The van der Waals surface area contributed by atoms with Gasteiger partial charge in [0.2, 0.25) is 5.91 Å². The van der Waals surface area contributed by atoms with Crippen molar-refractivity contribution in [2.75, 3.05) is 39.3 Å². The summed E-state index contributed by atoms with van der Waals surface area (Å²) in [7, 11) is 0. The Balaban J connectivity index is 1.95. The SMILES string of the molecule is CCOC(=O)CN1CCCC2(CCC(=O)N(CC)C2)C1. The van der Waals surface area contributed by atoms with Crippen LogP contribution in [0.15, 0.2) is 0 Å². The van der Waals surface area contributed by atoms with Gasteiger partial charge in [0.1, 0.15) is 0 Å². The van der Waals surface area contributed by atoms with Gasteiger partial charge in [-0.2, -0.15) is 0 Å². The van der Waals surface area contributed by atoms with E-state index in [1.807, 2.05) is 18.7 Å². The van der Waals surface area contributed by atoms with Gasteiger partial charge in [-0.1, -0.05) is 0 Å². The van der Waals surface area contributed by atoms with E-state index in [-0.39, 0.29) is 17.3 Å². The van der Waals surface area contributed by atoms with Crippen LogP contribution in [0.3, 0.4) is 0 Å². The standard InChI is InChI=1S/C15H26N2O3/c1-3-17-12-15(8-6-13(17)18)7-5-9-16(11-15)10-14(19)20-4-2/h3-12H2,1-2H3. The van der Waals surface area contributed by atoms with Gasteiger partial charge in [0.05, 0.1) is 13.2 Å². The number of esters is 1. The topological polar surface area (TPSA) is 49.9 Å². The van der Waals surface area contributed by atoms with E-state index in [0.29, 0.717) is 19.6 Å². The fraction of sp³-hybridized carbons (Fsp3) is 0.867. The highest BCUT2D eigenvalue weighted by Crippen LogP contribution is 2.38. The predicted molar refractivity (Wildman–Crippen MR) is 76.2 cm³/mol. The maximum Gasteiger partial charge on any atom is 0.320 e. The van der Waals surface area contributed by atoms with Gasteiger partial charge in [0, 0.05) is 31.5 Å². The molecule has 114 valence electrons.